The summed E-state index contributed by atoms with van der Waals surface area (Å²) >= 11 is 0. The summed E-state index contributed by atoms with van der Waals surface area (Å²) in [5.74, 6) is -0.569. The van der Waals surface area contributed by atoms with Crippen molar-refractivity contribution in [2.24, 2.45) is 0 Å². The lowest BCUT2D eigenvalue weighted by atomic mass is 9.90. The second kappa shape index (κ2) is 8.11. The van der Waals surface area contributed by atoms with E-state index >= 15 is 0 Å². The van der Waals surface area contributed by atoms with Crippen LogP contribution in [-0.4, -0.2) is 34.8 Å². The fraction of sp³-hybridized carbons (Fsp3) is 0.571. The highest BCUT2D eigenvalue weighted by Gasteiger charge is 2.51. The molecule has 0 aromatic heterocycles. The predicted molar refractivity (Wildman–Crippen MR) is 103 cm³/mol. The van der Waals surface area contributed by atoms with Gasteiger partial charge in [-0.15, -0.1) is 0 Å². The van der Waals surface area contributed by atoms with E-state index in [4.69, 9.17) is 0 Å². The van der Waals surface area contributed by atoms with Gasteiger partial charge in [0.15, 0.2) is 0 Å². The standard InChI is InChI=1S/C21H29N3O3/c1-3-16-8-10-17(11-9-16)15(2)22-18(25)14-24-19(26)21(23-20(24)27)12-6-4-5-7-13-21/h8-11,15H,3-7,12-14H2,1-2H3,(H,22,25)(H,23,27)/t15-/m0/s1. The molecule has 0 bridgehead atoms. The number of aryl methyl sites for hydroxylation is 1. The summed E-state index contributed by atoms with van der Waals surface area (Å²) in [4.78, 5) is 38.7. The van der Waals surface area contributed by atoms with Crippen molar-refractivity contribution in [3.63, 3.8) is 0 Å². The van der Waals surface area contributed by atoms with E-state index in [0.29, 0.717) is 12.8 Å². The third kappa shape index (κ3) is 4.15. The Kier molecular flexibility index (Phi) is 5.82. The number of amides is 4. The molecule has 6 nitrogen and oxygen atoms in total. The lowest BCUT2D eigenvalue weighted by molar-refractivity contribution is -0.135. The van der Waals surface area contributed by atoms with Crippen molar-refractivity contribution >= 4 is 17.8 Å². The van der Waals surface area contributed by atoms with Gasteiger partial charge in [-0.1, -0.05) is 56.9 Å². The number of hydrogen-bond acceptors (Lipinski definition) is 3. The number of benzene rings is 1. The summed E-state index contributed by atoms with van der Waals surface area (Å²) in [6.07, 6.45) is 6.31. The largest absolute Gasteiger partial charge is 0.348 e. The molecule has 0 unspecified atom stereocenters. The van der Waals surface area contributed by atoms with Crippen molar-refractivity contribution in [2.75, 3.05) is 6.54 Å². The Morgan fingerprint density at radius 2 is 1.78 bits per heavy atom. The lowest BCUT2D eigenvalue weighted by Gasteiger charge is -2.24. The second-order valence-corrected chi connectivity index (χ2v) is 7.70. The van der Waals surface area contributed by atoms with Gasteiger partial charge in [-0.3, -0.25) is 14.5 Å². The van der Waals surface area contributed by atoms with Gasteiger partial charge >= 0.3 is 6.03 Å². The highest BCUT2D eigenvalue weighted by atomic mass is 16.2. The molecule has 27 heavy (non-hydrogen) atoms. The van der Waals surface area contributed by atoms with Gasteiger partial charge in [0.05, 0.1) is 6.04 Å². The molecule has 2 aliphatic rings. The van der Waals surface area contributed by atoms with Gasteiger partial charge in [-0.2, -0.15) is 0 Å². The smallest absolute Gasteiger partial charge is 0.325 e. The van der Waals surface area contributed by atoms with E-state index in [2.05, 4.69) is 17.6 Å². The summed E-state index contributed by atoms with van der Waals surface area (Å²) in [6, 6.07) is 7.46. The second-order valence-electron chi connectivity index (χ2n) is 7.70. The maximum atomic E-state index is 12.9. The zero-order chi connectivity index (χ0) is 19.4. The number of hydrogen-bond donors (Lipinski definition) is 2. The van der Waals surface area contributed by atoms with Gasteiger partial charge < -0.3 is 10.6 Å². The first-order chi connectivity index (χ1) is 12.9. The number of rotatable bonds is 5. The van der Waals surface area contributed by atoms with Gasteiger partial charge in [0.2, 0.25) is 5.91 Å². The van der Waals surface area contributed by atoms with Crippen molar-refractivity contribution in [3.05, 3.63) is 35.4 Å². The van der Waals surface area contributed by atoms with Crippen molar-refractivity contribution < 1.29 is 14.4 Å². The van der Waals surface area contributed by atoms with Crippen molar-refractivity contribution in [3.8, 4) is 0 Å². The van der Waals surface area contributed by atoms with Crippen LogP contribution in [0.1, 0.15) is 69.5 Å². The van der Waals surface area contributed by atoms with Gasteiger partial charge in [0.1, 0.15) is 12.1 Å². The van der Waals surface area contributed by atoms with E-state index in [0.717, 1.165) is 42.6 Å². The number of nitrogens with one attached hydrogen (secondary N) is 2. The molecule has 146 valence electrons. The molecule has 4 amide bonds. The molecule has 0 radical (unpaired) electrons. The molecule has 1 aromatic rings. The summed E-state index contributed by atoms with van der Waals surface area (Å²) in [5, 5.41) is 5.76. The third-order valence-corrected chi connectivity index (χ3v) is 5.77. The number of urea groups is 1. The van der Waals surface area contributed by atoms with E-state index < -0.39 is 11.6 Å². The number of carbonyl (C=O) groups excluding carboxylic acids is 3. The molecule has 1 spiro atoms. The maximum Gasteiger partial charge on any atom is 0.325 e. The topological polar surface area (TPSA) is 78.5 Å². The molecule has 1 saturated carbocycles. The minimum absolute atomic E-state index is 0.184. The van der Waals surface area contributed by atoms with E-state index in [9.17, 15) is 14.4 Å². The molecule has 1 aliphatic heterocycles. The first-order valence-corrected chi connectivity index (χ1v) is 9.97. The summed E-state index contributed by atoms with van der Waals surface area (Å²) in [6.45, 7) is 3.76. The zero-order valence-corrected chi connectivity index (χ0v) is 16.2. The van der Waals surface area contributed by atoms with E-state index in [1.54, 1.807) is 0 Å². The highest BCUT2D eigenvalue weighted by Crippen LogP contribution is 2.32. The molecule has 1 aliphatic carbocycles. The fourth-order valence-electron chi connectivity index (χ4n) is 4.05. The van der Waals surface area contributed by atoms with Crippen molar-refractivity contribution in [1.29, 1.82) is 0 Å². The predicted octanol–water partition coefficient (Wildman–Crippen LogP) is 3.07. The Bertz CT molecular complexity index is 706. The quantitative estimate of drug-likeness (QED) is 0.781. The Morgan fingerprint density at radius 1 is 1.15 bits per heavy atom. The molecular formula is C21H29N3O3. The highest BCUT2D eigenvalue weighted by molar-refractivity contribution is 6.09. The minimum Gasteiger partial charge on any atom is -0.348 e. The van der Waals surface area contributed by atoms with Crippen LogP contribution in [0.4, 0.5) is 4.79 Å². The maximum absolute atomic E-state index is 12.9. The van der Waals surface area contributed by atoms with E-state index in [1.807, 2.05) is 31.2 Å². The normalized spacial score (nSPS) is 20.3. The van der Waals surface area contributed by atoms with Crippen molar-refractivity contribution in [1.82, 2.24) is 15.5 Å². The Balaban J connectivity index is 1.61. The van der Waals surface area contributed by atoms with Gasteiger partial charge in [0, 0.05) is 0 Å². The molecule has 1 heterocycles. The van der Waals surface area contributed by atoms with Crippen LogP contribution in [0.2, 0.25) is 0 Å². The number of imide groups is 1. The summed E-state index contributed by atoms with van der Waals surface area (Å²) < 4.78 is 0. The molecule has 3 rings (SSSR count). The van der Waals surface area contributed by atoms with Gasteiger partial charge in [0.25, 0.3) is 5.91 Å². The molecule has 1 atom stereocenters. The average molecular weight is 371 g/mol. The summed E-state index contributed by atoms with van der Waals surface area (Å²) in [7, 11) is 0. The SMILES string of the molecule is CCc1ccc([C@H](C)NC(=O)CN2C(=O)NC3(CCCCCC3)C2=O)cc1. The van der Waals surface area contributed by atoms with E-state index in [1.165, 1.54) is 5.56 Å². The Morgan fingerprint density at radius 3 is 2.37 bits per heavy atom. The molecular weight excluding hydrogens is 342 g/mol. The first-order valence-electron chi connectivity index (χ1n) is 9.97. The van der Waals surface area contributed by atoms with Crippen LogP contribution in [-0.2, 0) is 16.0 Å². The van der Waals surface area contributed by atoms with Gasteiger partial charge in [-0.05, 0) is 37.3 Å². The molecule has 6 heteroatoms. The van der Waals surface area contributed by atoms with Crippen LogP contribution in [0.25, 0.3) is 0 Å². The fourth-order valence-corrected chi connectivity index (χ4v) is 4.05. The molecule has 1 aromatic carbocycles. The number of nitrogens with zero attached hydrogens (tertiary/aromatic N) is 1. The van der Waals surface area contributed by atoms with E-state index in [-0.39, 0.29) is 24.4 Å². The molecule has 2 fully saturated rings. The molecule has 1 saturated heterocycles. The van der Waals surface area contributed by atoms with Crippen LogP contribution in [0, 0.1) is 0 Å². The Hall–Kier alpha value is -2.37. The summed E-state index contributed by atoms with van der Waals surface area (Å²) in [5.41, 5.74) is 1.44. The third-order valence-electron chi connectivity index (χ3n) is 5.77. The number of carbonyl (C=O) groups is 3. The Labute approximate surface area is 160 Å². The molecule has 2 N–H and O–H groups in total. The van der Waals surface area contributed by atoms with Gasteiger partial charge in [-0.25, -0.2) is 4.79 Å². The average Bonchev–Trinajstić information content (AvgIpc) is 2.83. The van der Waals surface area contributed by atoms with Crippen LogP contribution in [0.15, 0.2) is 24.3 Å². The first kappa shape index (κ1) is 19.4. The van der Waals surface area contributed by atoms with Crippen molar-refractivity contribution in [2.45, 2.75) is 70.4 Å². The minimum atomic E-state index is -0.796. The van der Waals surface area contributed by atoms with Crippen LogP contribution >= 0.6 is 0 Å². The van der Waals surface area contributed by atoms with Crippen LogP contribution < -0.4 is 10.6 Å². The van der Waals surface area contributed by atoms with Crippen LogP contribution in [0.5, 0.6) is 0 Å². The van der Waals surface area contributed by atoms with Crippen LogP contribution in [0.3, 0.4) is 0 Å². The lowest BCUT2D eigenvalue weighted by Crippen LogP contribution is -2.47. The monoisotopic (exact) mass is 371 g/mol. The zero-order valence-electron chi connectivity index (χ0n) is 16.2.